The summed E-state index contributed by atoms with van der Waals surface area (Å²) in [6.45, 7) is 7.33. The van der Waals surface area contributed by atoms with Crippen LogP contribution in [0.5, 0.6) is 0 Å². The van der Waals surface area contributed by atoms with Gasteiger partial charge in [-0.25, -0.2) is 0 Å². The first-order chi connectivity index (χ1) is 5.91. The largest absolute Gasteiger partial charge is 0.279 e. The van der Waals surface area contributed by atoms with Crippen LogP contribution in [0.15, 0.2) is 25.3 Å². The van der Waals surface area contributed by atoms with E-state index in [4.69, 9.17) is 0 Å². The monoisotopic (exact) mass is 170 g/mol. The Hall–Kier alpha value is -1.44. The Kier molecular flexibility index (Phi) is 8.41. The average Bonchev–Trinajstić information content (AvgIpc) is 2.10. The standard InChI is InChI=1S/C8H10O4/c1-3-5-9-11-7-8-12-10-6-4-2/h3-4H,1-2,5-6H2. The molecule has 0 aromatic heterocycles. The number of hydrogen-bond donors (Lipinski definition) is 0. The minimum absolute atomic E-state index is 0.266. The van der Waals surface area contributed by atoms with Crippen molar-refractivity contribution in [2.24, 2.45) is 0 Å². The lowest BCUT2D eigenvalue weighted by Crippen LogP contribution is -1.89. The van der Waals surface area contributed by atoms with Gasteiger partial charge in [-0.3, -0.25) is 9.78 Å². The van der Waals surface area contributed by atoms with Crippen LogP contribution in [0.25, 0.3) is 0 Å². The normalized spacial score (nSPS) is 7.67. The second-order valence-electron chi connectivity index (χ2n) is 1.52. The fourth-order valence-electron chi connectivity index (χ4n) is 0.257. The van der Waals surface area contributed by atoms with Gasteiger partial charge in [-0.1, -0.05) is 12.2 Å². The molecule has 0 heterocycles. The molecule has 0 aromatic rings. The van der Waals surface area contributed by atoms with Crippen LogP contribution in [0.1, 0.15) is 0 Å². The van der Waals surface area contributed by atoms with Gasteiger partial charge in [0, 0.05) is 0 Å². The van der Waals surface area contributed by atoms with Crippen molar-refractivity contribution in [2.75, 3.05) is 13.2 Å². The zero-order valence-electron chi connectivity index (χ0n) is 6.62. The molecule has 4 heteroatoms. The van der Waals surface area contributed by atoms with Crippen LogP contribution in [0, 0.1) is 12.2 Å². The molecule has 0 atom stereocenters. The van der Waals surface area contributed by atoms with Gasteiger partial charge in [-0.15, -0.1) is 13.2 Å². The molecular weight excluding hydrogens is 160 g/mol. The lowest BCUT2D eigenvalue weighted by atomic mass is 10.7. The fraction of sp³-hybridized carbons (Fsp3) is 0.250. The Labute approximate surface area is 71.2 Å². The predicted molar refractivity (Wildman–Crippen MR) is 42.2 cm³/mol. The first kappa shape index (κ1) is 10.6. The highest BCUT2D eigenvalue weighted by Crippen LogP contribution is 1.78. The molecule has 12 heavy (non-hydrogen) atoms. The van der Waals surface area contributed by atoms with Gasteiger partial charge in [-0.2, -0.15) is 9.78 Å². The van der Waals surface area contributed by atoms with Gasteiger partial charge in [0.15, 0.2) is 0 Å². The highest BCUT2D eigenvalue weighted by atomic mass is 17.2. The van der Waals surface area contributed by atoms with Crippen LogP contribution >= 0.6 is 0 Å². The van der Waals surface area contributed by atoms with E-state index in [9.17, 15) is 0 Å². The molecule has 0 bridgehead atoms. The molecule has 0 radical (unpaired) electrons. The highest BCUT2D eigenvalue weighted by Gasteiger charge is 1.78. The van der Waals surface area contributed by atoms with E-state index in [1.807, 2.05) is 0 Å². The summed E-state index contributed by atoms with van der Waals surface area (Å²) in [5, 5.41) is 0. The first-order valence-corrected chi connectivity index (χ1v) is 3.20. The quantitative estimate of drug-likeness (QED) is 0.197. The molecule has 0 amide bonds. The van der Waals surface area contributed by atoms with Crippen LogP contribution in [-0.4, -0.2) is 13.2 Å². The molecule has 0 fully saturated rings. The molecule has 66 valence electrons. The zero-order valence-corrected chi connectivity index (χ0v) is 6.62. The first-order valence-electron chi connectivity index (χ1n) is 3.20. The summed E-state index contributed by atoms with van der Waals surface area (Å²) in [6, 6.07) is 0. The van der Waals surface area contributed by atoms with Crippen molar-refractivity contribution in [1.29, 1.82) is 0 Å². The van der Waals surface area contributed by atoms with E-state index in [0.29, 0.717) is 0 Å². The molecule has 0 unspecified atom stereocenters. The van der Waals surface area contributed by atoms with Crippen LogP contribution in [0.2, 0.25) is 0 Å². The molecule has 0 rings (SSSR count). The Morgan fingerprint density at radius 3 is 1.67 bits per heavy atom. The fourth-order valence-corrected chi connectivity index (χ4v) is 0.257. The maximum Gasteiger partial charge on any atom is 0.204 e. The maximum atomic E-state index is 4.44. The molecule has 0 saturated carbocycles. The van der Waals surface area contributed by atoms with Gasteiger partial charge in [-0.05, 0) is 0 Å². The van der Waals surface area contributed by atoms with Gasteiger partial charge in [0.25, 0.3) is 0 Å². The second kappa shape index (κ2) is 9.56. The Balaban J connectivity index is 3.11. The van der Waals surface area contributed by atoms with Crippen LogP contribution in [-0.2, 0) is 19.6 Å². The molecule has 0 aliphatic rings. The lowest BCUT2D eigenvalue weighted by Gasteiger charge is -1.91. The molecular formula is C8H10O4. The lowest BCUT2D eigenvalue weighted by molar-refractivity contribution is -0.240. The molecule has 4 nitrogen and oxygen atoms in total. The van der Waals surface area contributed by atoms with Crippen molar-refractivity contribution >= 4 is 0 Å². The summed E-state index contributed by atoms with van der Waals surface area (Å²) in [6.07, 6.45) is 7.20. The molecule has 0 spiro atoms. The van der Waals surface area contributed by atoms with Crippen molar-refractivity contribution in [3.63, 3.8) is 0 Å². The van der Waals surface area contributed by atoms with E-state index in [1.54, 1.807) is 0 Å². The van der Waals surface area contributed by atoms with Crippen LogP contribution in [0.3, 0.4) is 0 Å². The minimum atomic E-state index is 0.266. The topological polar surface area (TPSA) is 36.9 Å². The zero-order chi connectivity index (χ0) is 9.07. The van der Waals surface area contributed by atoms with Gasteiger partial charge < -0.3 is 0 Å². The van der Waals surface area contributed by atoms with E-state index in [2.05, 4.69) is 44.9 Å². The van der Waals surface area contributed by atoms with Gasteiger partial charge in [0.2, 0.25) is 12.2 Å². The SMILES string of the molecule is C=CCOOC#COOCC=C. The van der Waals surface area contributed by atoms with Crippen molar-refractivity contribution < 1.29 is 19.6 Å². The molecule has 0 saturated heterocycles. The Morgan fingerprint density at radius 2 is 1.33 bits per heavy atom. The van der Waals surface area contributed by atoms with Crippen molar-refractivity contribution in [3.8, 4) is 12.2 Å². The van der Waals surface area contributed by atoms with Crippen LogP contribution in [0.4, 0.5) is 0 Å². The highest BCUT2D eigenvalue weighted by molar-refractivity contribution is 4.77. The summed E-state index contributed by atoms with van der Waals surface area (Å²) in [4.78, 5) is 17.5. The predicted octanol–water partition coefficient (Wildman–Crippen LogP) is 1.17. The van der Waals surface area contributed by atoms with Gasteiger partial charge in [0.05, 0.1) is 0 Å². The summed E-state index contributed by atoms with van der Waals surface area (Å²) in [5.74, 6) is 0. The molecule has 0 aliphatic carbocycles. The number of hydrogen-bond acceptors (Lipinski definition) is 4. The van der Waals surface area contributed by atoms with E-state index >= 15 is 0 Å². The second-order valence-corrected chi connectivity index (χ2v) is 1.52. The van der Waals surface area contributed by atoms with Crippen LogP contribution < -0.4 is 0 Å². The summed E-state index contributed by atoms with van der Waals surface area (Å²) in [5.41, 5.74) is 0. The Morgan fingerprint density at radius 1 is 0.917 bits per heavy atom. The van der Waals surface area contributed by atoms with Gasteiger partial charge in [0.1, 0.15) is 13.2 Å². The third-order valence-corrected chi connectivity index (χ3v) is 0.615. The van der Waals surface area contributed by atoms with Crippen molar-refractivity contribution in [3.05, 3.63) is 25.3 Å². The number of rotatable bonds is 6. The van der Waals surface area contributed by atoms with E-state index in [0.717, 1.165) is 0 Å². The van der Waals surface area contributed by atoms with E-state index in [-0.39, 0.29) is 13.2 Å². The van der Waals surface area contributed by atoms with Gasteiger partial charge >= 0.3 is 0 Å². The van der Waals surface area contributed by atoms with E-state index < -0.39 is 0 Å². The minimum Gasteiger partial charge on any atom is -0.279 e. The third-order valence-electron chi connectivity index (χ3n) is 0.615. The van der Waals surface area contributed by atoms with Crippen molar-refractivity contribution in [1.82, 2.24) is 0 Å². The summed E-state index contributed by atoms with van der Waals surface area (Å²) >= 11 is 0. The molecule has 0 aliphatic heterocycles. The Bertz CT molecular complexity index is 159. The molecule has 0 N–H and O–H groups in total. The van der Waals surface area contributed by atoms with E-state index in [1.165, 1.54) is 12.2 Å². The molecule has 0 aromatic carbocycles. The third kappa shape index (κ3) is 8.56. The summed E-state index contributed by atoms with van der Waals surface area (Å²) < 4.78 is 0. The average molecular weight is 170 g/mol. The van der Waals surface area contributed by atoms with Crippen molar-refractivity contribution in [2.45, 2.75) is 0 Å². The smallest absolute Gasteiger partial charge is 0.204 e. The maximum absolute atomic E-state index is 4.44. The summed E-state index contributed by atoms with van der Waals surface area (Å²) in [7, 11) is 0.